The quantitative estimate of drug-likeness (QED) is 0.503. The molecule has 3 aromatic rings. The molecule has 0 bridgehead atoms. The first-order valence-electron chi connectivity index (χ1n) is 10.9. The number of nitrogens with one attached hydrogen (secondary N) is 1. The van der Waals surface area contributed by atoms with Gasteiger partial charge in [-0.1, -0.05) is 40.9 Å². The zero-order valence-corrected chi connectivity index (χ0v) is 20.5. The summed E-state index contributed by atoms with van der Waals surface area (Å²) in [6.07, 6.45) is 0. The van der Waals surface area contributed by atoms with Crippen molar-refractivity contribution in [2.45, 2.75) is 6.92 Å². The molecule has 0 saturated carbocycles. The number of nitrogens with zero attached hydrogens (tertiary/aromatic N) is 2. The largest absolute Gasteiger partial charge is 0.494 e. The Kier molecular flexibility index (Phi) is 7.29. The van der Waals surface area contributed by atoms with Crippen LogP contribution in [0.3, 0.4) is 0 Å². The molecule has 1 N–H and O–H groups in total. The molecule has 1 saturated heterocycles. The van der Waals surface area contributed by atoms with E-state index in [4.69, 9.17) is 27.9 Å². The van der Waals surface area contributed by atoms with E-state index in [-0.39, 0.29) is 28.1 Å². The monoisotopic (exact) mass is 497 g/mol. The molecule has 1 fully saturated rings. The van der Waals surface area contributed by atoms with E-state index < -0.39 is 0 Å². The van der Waals surface area contributed by atoms with E-state index in [0.29, 0.717) is 23.8 Å². The van der Waals surface area contributed by atoms with Crippen molar-refractivity contribution in [3.05, 3.63) is 87.4 Å². The summed E-state index contributed by atoms with van der Waals surface area (Å²) in [5, 5.41) is 3.48. The fraction of sp³-hybridized carbons (Fsp3) is 0.231. The molecule has 6 nitrogen and oxygen atoms in total. The van der Waals surface area contributed by atoms with E-state index >= 15 is 0 Å². The number of aryl methyl sites for hydroxylation is 1. The Labute approximate surface area is 209 Å². The lowest BCUT2D eigenvalue weighted by Gasteiger charge is -2.36. The number of methoxy groups -OCH3 is 1. The highest BCUT2D eigenvalue weighted by molar-refractivity contribution is 6.36. The molecule has 3 aromatic carbocycles. The minimum absolute atomic E-state index is 0.0641. The van der Waals surface area contributed by atoms with Crippen molar-refractivity contribution in [2.24, 2.45) is 0 Å². The number of carbonyl (C=O) groups is 2. The predicted molar refractivity (Wildman–Crippen MR) is 137 cm³/mol. The van der Waals surface area contributed by atoms with Gasteiger partial charge in [-0.15, -0.1) is 0 Å². The van der Waals surface area contributed by atoms with Gasteiger partial charge < -0.3 is 19.9 Å². The molecular weight excluding hydrogens is 473 g/mol. The molecule has 0 aliphatic carbocycles. The lowest BCUT2D eigenvalue weighted by molar-refractivity contribution is 0.0746. The molecule has 1 heterocycles. The van der Waals surface area contributed by atoms with Crippen LogP contribution in [0.15, 0.2) is 60.7 Å². The molecule has 0 spiro atoms. The number of amides is 2. The van der Waals surface area contributed by atoms with Crippen molar-refractivity contribution < 1.29 is 14.3 Å². The van der Waals surface area contributed by atoms with Crippen LogP contribution in [0.2, 0.25) is 10.0 Å². The van der Waals surface area contributed by atoms with E-state index in [2.05, 4.69) is 10.2 Å². The zero-order valence-electron chi connectivity index (χ0n) is 19.0. The van der Waals surface area contributed by atoms with Crippen LogP contribution in [-0.2, 0) is 0 Å². The first-order chi connectivity index (χ1) is 16.4. The van der Waals surface area contributed by atoms with E-state index in [0.717, 1.165) is 29.9 Å². The first kappa shape index (κ1) is 23.9. The third kappa shape index (κ3) is 5.29. The van der Waals surface area contributed by atoms with Gasteiger partial charge in [-0.25, -0.2) is 0 Å². The Balaban J connectivity index is 1.37. The predicted octanol–water partition coefficient (Wildman–Crippen LogP) is 5.53. The highest BCUT2D eigenvalue weighted by atomic mass is 35.5. The highest BCUT2D eigenvalue weighted by Crippen LogP contribution is 2.32. The Morgan fingerprint density at radius 1 is 0.912 bits per heavy atom. The highest BCUT2D eigenvalue weighted by Gasteiger charge is 2.22. The summed E-state index contributed by atoms with van der Waals surface area (Å²) in [4.78, 5) is 29.6. The summed E-state index contributed by atoms with van der Waals surface area (Å²) in [6, 6.07) is 18.3. The Morgan fingerprint density at radius 3 is 2.18 bits per heavy atom. The lowest BCUT2D eigenvalue weighted by atomic mass is 10.1. The van der Waals surface area contributed by atoms with Gasteiger partial charge in [0.2, 0.25) is 0 Å². The number of rotatable bonds is 5. The van der Waals surface area contributed by atoms with Crippen LogP contribution in [0.5, 0.6) is 5.75 Å². The topological polar surface area (TPSA) is 61.9 Å². The molecule has 1 aliphatic heterocycles. The SMILES string of the molecule is COc1c(Cl)cc(Cl)cc1C(=O)Nc1ccc(N2CCN(C(=O)c3ccc(C)cc3)CC2)cc1. The van der Waals surface area contributed by atoms with Gasteiger partial charge in [0.05, 0.1) is 17.7 Å². The van der Waals surface area contributed by atoms with Crippen molar-refractivity contribution in [1.29, 1.82) is 0 Å². The Morgan fingerprint density at radius 2 is 1.56 bits per heavy atom. The average Bonchev–Trinajstić information content (AvgIpc) is 2.84. The van der Waals surface area contributed by atoms with E-state index in [1.165, 1.54) is 19.2 Å². The number of carbonyl (C=O) groups excluding carboxylic acids is 2. The average molecular weight is 498 g/mol. The van der Waals surface area contributed by atoms with Crippen LogP contribution in [0, 0.1) is 6.92 Å². The molecular formula is C26H25Cl2N3O3. The lowest BCUT2D eigenvalue weighted by Crippen LogP contribution is -2.48. The Bertz CT molecular complexity index is 1190. The van der Waals surface area contributed by atoms with Crippen molar-refractivity contribution >= 4 is 46.4 Å². The fourth-order valence-electron chi connectivity index (χ4n) is 3.94. The number of hydrogen-bond acceptors (Lipinski definition) is 4. The van der Waals surface area contributed by atoms with Crippen molar-refractivity contribution in [3.8, 4) is 5.75 Å². The summed E-state index contributed by atoms with van der Waals surface area (Å²) < 4.78 is 5.26. The van der Waals surface area contributed by atoms with Gasteiger partial charge >= 0.3 is 0 Å². The second kappa shape index (κ2) is 10.4. The van der Waals surface area contributed by atoms with E-state index in [1.807, 2.05) is 60.4 Å². The molecule has 0 radical (unpaired) electrons. The summed E-state index contributed by atoms with van der Waals surface area (Å²) in [7, 11) is 1.45. The van der Waals surface area contributed by atoms with Gasteiger partial charge in [-0.2, -0.15) is 0 Å². The maximum Gasteiger partial charge on any atom is 0.259 e. The zero-order chi connectivity index (χ0) is 24.2. The number of halogens is 2. The van der Waals surface area contributed by atoms with Crippen LogP contribution in [0.25, 0.3) is 0 Å². The summed E-state index contributed by atoms with van der Waals surface area (Å²) >= 11 is 12.2. The van der Waals surface area contributed by atoms with Gasteiger partial charge in [0.15, 0.2) is 0 Å². The smallest absolute Gasteiger partial charge is 0.259 e. The van der Waals surface area contributed by atoms with E-state index in [9.17, 15) is 9.59 Å². The maximum atomic E-state index is 12.8. The summed E-state index contributed by atoms with van der Waals surface area (Å²) in [5.74, 6) is -0.0234. The molecule has 8 heteroatoms. The molecule has 34 heavy (non-hydrogen) atoms. The first-order valence-corrected chi connectivity index (χ1v) is 11.7. The van der Waals surface area contributed by atoms with Gasteiger partial charge in [-0.05, 0) is 55.5 Å². The molecule has 4 rings (SSSR count). The molecule has 0 aromatic heterocycles. The van der Waals surface area contributed by atoms with Crippen molar-refractivity contribution in [2.75, 3.05) is 43.5 Å². The number of ether oxygens (including phenoxy) is 1. The minimum atomic E-state index is -0.364. The fourth-order valence-corrected chi connectivity index (χ4v) is 4.51. The standard InChI is InChI=1S/C26H25Cl2N3O3/c1-17-3-5-18(6-4-17)26(33)31-13-11-30(12-14-31)21-9-7-20(8-10-21)29-25(32)22-15-19(27)16-23(28)24(22)34-2/h3-10,15-16H,11-14H2,1-2H3,(H,29,32). The van der Waals surface area contributed by atoms with Crippen LogP contribution >= 0.6 is 23.2 Å². The van der Waals surface area contributed by atoms with Crippen LogP contribution in [-0.4, -0.2) is 50.0 Å². The summed E-state index contributed by atoms with van der Waals surface area (Å²) in [5.41, 5.74) is 3.79. The van der Waals surface area contributed by atoms with Crippen LogP contribution in [0.1, 0.15) is 26.3 Å². The van der Waals surface area contributed by atoms with Gasteiger partial charge in [0.25, 0.3) is 11.8 Å². The molecule has 176 valence electrons. The third-order valence-electron chi connectivity index (χ3n) is 5.81. The molecule has 0 unspecified atom stereocenters. The molecule has 1 aliphatic rings. The summed E-state index contributed by atoms with van der Waals surface area (Å²) in [6.45, 7) is 4.79. The number of anilines is 2. The normalized spacial score (nSPS) is 13.5. The molecule has 0 atom stereocenters. The van der Waals surface area contributed by atoms with Crippen molar-refractivity contribution in [1.82, 2.24) is 4.90 Å². The maximum absolute atomic E-state index is 12.8. The molecule has 2 amide bonds. The number of piperazine rings is 1. The van der Waals surface area contributed by atoms with Gasteiger partial charge in [0.1, 0.15) is 5.75 Å². The number of benzene rings is 3. The Hall–Kier alpha value is -3.22. The number of hydrogen-bond donors (Lipinski definition) is 1. The van der Waals surface area contributed by atoms with Gasteiger partial charge in [0, 0.05) is 48.1 Å². The minimum Gasteiger partial charge on any atom is -0.494 e. The third-order valence-corrected chi connectivity index (χ3v) is 6.31. The van der Waals surface area contributed by atoms with Crippen LogP contribution in [0.4, 0.5) is 11.4 Å². The van der Waals surface area contributed by atoms with Crippen molar-refractivity contribution in [3.63, 3.8) is 0 Å². The van der Waals surface area contributed by atoms with Crippen LogP contribution < -0.4 is 15.0 Å². The second-order valence-electron chi connectivity index (χ2n) is 8.11. The van der Waals surface area contributed by atoms with Gasteiger partial charge in [-0.3, -0.25) is 9.59 Å². The second-order valence-corrected chi connectivity index (χ2v) is 8.96. The van der Waals surface area contributed by atoms with E-state index in [1.54, 1.807) is 0 Å².